The van der Waals surface area contributed by atoms with Crippen LogP contribution in [0.4, 0.5) is 34.6 Å². The molecular weight excluding hydrogens is 694 g/mol. The number of aromatic nitrogens is 4. The molecule has 2 aliphatic heterocycles. The molecule has 15 heteroatoms. The number of halogens is 1. The van der Waals surface area contributed by atoms with Crippen molar-refractivity contribution in [3.8, 4) is 5.69 Å². The van der Waals surface area contributed by atoms with Crippen molar-refractivity contribution >= 4 is 77.3 Å². The average molecular weight is 729 g/mol. The van der Waals surface area contributed by atoms with Crippen LogP contribution in [0.1, 0.15) is 0 Å². The highest BCUT2D eigenvalue weighted by atomic mass is 79.9. The maximum atomic E-state index is 11.9. The third kappa shape index (κ3) is 6.98. The lowest BCUT2D eigenvalue weighted by Gasteiger charge is -2.35. The number of likely N-dealkylation sites (N-methyl/N-ethyl adjacent to an activating group) is 1. The number of nitrogens with one attached hydrogen (secondary N) is 3. The third-order valence-corrected chi connectivity index (χ3v) is 9.20. The van der Waals surface area contributed by atoms with Gasteiger partial charge in [-0.25, -0.2) is 23.1 Å². The van der Waals surface area contributed by atoms with E-state index < -0.39 is 10.0 Å². The first-order chi connectivity index (χ1) is 23.2. The standard InChI is InChI=1S/C33H34BrN11O2S/c1-42-16-18-43(19-17-42)30-14-15-44(22-36-30)32-25-13-12-23(20-29(25)45(40-32)24-8-4-3-5-9-24)37-33-35-21-26(34)31(39-33)38-27-10-6-7-11-28(27)41-48(2,46)47/h3-15,20-21,41H,16-19,22H2,1-2H3,(H2,35,37,38,39). The number of hydrogen-bond donors (Lipinski definition) is 3. The summed E-state index contributed by atoms with van der Waals surface area (Å²) < 4.78 is 28.9. The molecule has 0 aliphatic carbocycles. The SMILES string of the molecule is CN1CCN(C2=NCN(c3nn(-c4ccccc4)c4cc(Nc5ncc(Br)c(Nc6ccccc6NS(C)(=O)=O)n5)ccc34)C=C2)CC1. The van der Waals surface area contributed by atoms with Crippen LogP contribution in [0.5, 0.6) is 0 Å². The summed E-state index contributed by atoms with van der Waals surface area (Å²) in [7, 11) is -1.33. The van der Waals surface area contributed by atoms with E-state index in [1.165, 1.54) is 0 Å². The van der Waals surface area contributed by atoms with Crippen molar-refractivity contribution < 1.29 is 8.42 Å². The number of amidine groups is 1. The van der Waals surface area contributed by atoms with E-state index in [1.807, 2.05) is 59.3 Å². The molecule has 3 aromatic carbocycles. The zero-order valence-corrected chi connectivity index (χ0v) is 28.8. The predicted octanol–water partition coefficient (Wildman–Crippen LogP) is 5.37. The Bertz CT molecular complexity index is 2130. The monoisotopic (exact) mass is 727 g/mol. The Labute approximate surface area is 287 Å². The summed E-state index contributed by atoms with van der Waals surface area (Å²) in [6.07, 6.45) is 6.88. The van der Waals surface area contributed by atoms with Crippen molar-refractivity contribution in [2.45, 2.75) is 0 Å². The first kappa shape index (κ1) is 31.6. The van der Waals surface area contributed by atoms with Crippen LogP contribution in [0.25, 0.3) is 16.6 Å². The Balaban J connectivity index is 1.17. The van der Waals surface area contributed by atoms with E-state index in [2.05, 4.69) is 75.3 Å². The second-order valence-corrected chi connectivity index (χ2v) is 14.2. The van der Waals surface area contributed by atoms with Crippen molar-refractivity contribution in [3.05, 3.63) is 95.7 Å². The van der Waals surface area contributed by atoms with Gasteiger partial charge in [0.05, 0.1) is 33.3 Å². The summed E-state index contributed by atoms with van der Waals surface area (Å²) in [4.78, 5) is 20.8. The maximum Gasteiger partial charge on any atom is 0.229 e. The Kier molecular flexibility index (Phi) is 8.73. The van der Waals surface area contributed by atoms with Gasteiger partial charge in [0.15, 0.2) is 5.82 Å². The number of rotatable bonds is 8. The smallest absolute Gasteiger partial charge is 0.229 e. The Morgan fingerprint density at radius 1 is 0.896 bits per heavy atom. The number of aliphatic imine (C=N–C) groups is 1. The van der Waals surface area contributed by atoms with Gasteiger partial charge in [-0.2, -0.15) is 4.98 Å². The molecule has 13 nitrogen and oxygen atoms in total. The number of anilines is 6. The van der Waals surface area contributed by atoms with Gasteiger partial charge in [-0.1, -0.05) is 30.3 Å². The summed E-state index contributed by atoms with van der Waals surface area (Å²) in [6, 6.07) is 23.1. The fourth-order valence-corrected chi connectivity index (χ4v) is 6.46. The molecule has 4 heterocycles. The van der Waals surface area contributed by atoms with Crippen molar-refractivity contribution in [3.63, 3.8) is 0 Å². The van der Waals surface area contributed by atoms with Crippen LogP contribution >= 0.6 is 15.9 Å². The van der Waals surface area contributed by atoms with Gasteiger partial charge in [0.2, 0.25) is 16.0 Å². The number of nitrogens with zero attached hydrogens (tertiary/aromatic N) is 8. The van der Waals surface area contributed by atoms with Gasteiger partial charge in [-0.3, -0.25) is 4.72 Å². The first-order valence-corrected chi connectivity index (χ1v) is 18.0. The third-order valence-electron chi connectivity index (χ3n) is 8.03. The minimum Gasteiger partial charge on any atom is -0.354 e. The second-order valence-electron chi connectivity index (χ2n) is 11.6. The zero-order valence-electron chi connectivity index (χ0n) is 26.4. The van der Waals surface area contributed by atoms with Crippen LogP contribution in [-0.4, -0.2) is 90.0 Å². The molecule has 2 aromatic heterocycles. The molecule has 5 aromatic rings. The maximum absolute atomic E-state index is 11.9. The van der Waals surface area contributed by atoms with Gasteiger partial charge in [-0.05, 0) is 71.5 Å². The first-order valence-electron chi connectivity index (χ1n) is 15.3. The highest BCUT2D eigenvalue weighted by Gasteiger charge is 2.22. The predicted molar refractivity (Wildman–Crippen MR) is 195 cm³/mol. The molecule has 1 saturated heterocycles. The van der Waals surface area contributed by atoms with Crippen LogP contribution in [-0.2, 0) is 10.0 Å². The minimum absolute atomic E-state index is 0.351. The normalized spacial score (nSPS) is 15.4. The quantitative estimate of drug-likeness (QED) is 0.191. The van der Waals surface area contributed by atoms with Crippen molar-refractivity contribution in [1.29, 1.82) is 0 Å². The van der Waals surface area contributed by atoms with E-state index in [9.17, 15) is 8.42 Å². The molecule has 0 amide bonds. The van der Waals surface area contributed by atoms with E-state index >= 15 is 0 Å². The largest absolute Gasteiger partial charge is 0.354 e. The number of piperazine rings is 1. The lowest BCUT2D eigenvalue weighted by atomic mass is 10.2. The zero-order chi connectivity index (χ0) is 33.3. The molecule has 7 rings (SSSR count). The van der Waals surface area contributed by atoms with Crippen molar-refractivity contribution in [2.24, 2.45) is 4.99 Å². The van der Waals surface area contributed by atoms with Crippen LogP contribution in [0.15, 0.2) is 101 Å². The van der Waals surface area contributed by atoms with Gasteiger partial charge in [0.1, 0.15) is 18.3 Å². The summed E-state index contributed by atoms with van der Waals surface area (Å²) in [5, 5.41) is 12.6. The fourth-order valence-electron chi connectivity index (χ4n) is 5.59. The highest BCUT2D eigenvalue weighted by Crippen LogP contribution is 2.33. The topological polar surface area (TPSA) is 136 Å². The van der Waals surface area contributed by atoms with Crippen molar-refractivity contribution in [1.82, 2.24) is 29.5 Å². The van der Waals surface area contributed by atoms with Gasteiger partial charge >= 0.3 is 0 Å². The van der Waals surface area contributed by atoms with Gasteiger partial charge in [0, 0.05) is 49.6 Å². The summed E-state index contributed by atoms with van der Waals surface area (Å²) >= 11 is 3.51. The Morgan fingerprint density at radius 3 is 2.38 bits per heavy atom. The lowest BCUT2D eigenvalue weighted by Crippen LogP contribution is -2.47. The van der Waals surface area contributed by atoms with E-state index in [0.29, 0.717) is 34.3 Å². The summed E-state index contributed by atoms with van der Waals surface area (Å²) in [5.74, 6) is 2.63. The average Bonchev–Trinajstić information content (AvgIpc) is 3.46. The molecule has 3 N–H and O–H groups in total. The van der Waals surface area contributed by atoms with Crippen LogP contribution < -0.4 is 20.3 Å². The molecule has 0 saturated carbocycles. The van der Waals surface area contributed by atoms with Gasteiger partial charge < -0.3 is 25.3 Å². The summed E-state index contributed by atoms with van der Waals surface area (Å²) in [6.45, 7) is 4.46. The highest BCUT2D eigenvalue weighted by molar-refractivity contribution is 9.10. The minimum atomic E-state index is -3.48. The Morgan fingerprint density at radius 2 is 1.65 bits per heavy atom. The van der Waals surface area contributed by atoms with Gasteiger partial charge in [-0.15, -0.1) is 5.10 Å². The molecule has 0 atom stereocenters. The molecule has 48 heavy (non-hydrogen) atoms. The Hall–Kier alpha value is -4.99. The van der Waals surface area contributed by atoms with Crippen LogP contribution in [0.2, 0.25) is 0 Å². The van der Waals surface area contributed by atoms with Crippen LogP contribution in [0.3, 0.4) is 0 Å². The molecule has 0 spiro atoms. The van der Waals surface area contributed by atoms with Crippen LogP contribution in [0, 0.1) is 0 Å². The van der Waals surface area contributed by atoms with E-state index in [0.717, 1.165) is 66.4 Å². The fraction of sp³-hybridized carbons (Fsp3) is 0.212. The molecule has 246 valence electrons. The number of fused-ring (bicyclic) bond motifs is 1. The van der Waals surface area contributed by atoms with E-state index in [1.54, 1.807) is 24.4 Å². The number of para-hydroxylation sites is 3. The number of sulfonamides is 1. The van der Waals surface area contributed by atoms with Gasteiger partial charge in [0.25, 0.3) is 0 Å². The van der Waals surface area contributed by atoms with E-state index in [4.69, 9.17) is 10.1 Å². The molecule has 0 radical (unpaired) electrons. The molecule has 0 bridgehead atoms. The van der Waals surface area contributed by atoms with Crippen molar-refractivity contribution in [2.75, 3.05) is 66.4 Å². The molecular formula is C33H34BrN11O2S. The molecule has 2 aliphatic rings. The van der Waals surface area contributed by atoms with E-state index in [-0.39, 0.29) is 0 Å². The second kappa shape index (κ2) is 13.3. The molecule has 1 fully saturated rings. The number of benzene rings is 3. The number of hydrogen-bond acceptors (Lipinski definition) is 11. The lowest BCUT2D eigenvalue weighted by molar-refractivity contribution is 0.215. The molecule has 0 unspecified atom stereocenters. The summed E-state index contributed by atoms with van der Waals surface area (Å²) in [5.41, 5.74) is 3.55.